The van der Waals surface area contributed by atoms with Crippen molar-refractivity contribution in [2.24, 2.45) is 0 Å². The van der Waals surface area contributed by atoms with E-state index in [-0.39, 0.29) is 25.7 Å². The quantitative estimate of drug-likeness (QED) is 0.516. The number of benzene rings is 2. The van der Waals surface area contributed by atoms with Crippen molar-refractivity contribution in [3.8, 4) is 0 Å². The average Bonchev–Trinajstić information content (AvgIpc) is 2.67. The summed E-state index contributed by atoms with van der Waals surface area (Å²) in [5.41, 5.74) is 0.276. The normalized spacial score (nSPS) is 11.9. The monoisotopic (exact) mass is 429 g/mol. The first-order chi connectivity index (χ1) is 13.1. The van der Waals surface area contributed by atoms with Crippen LogP contribution in [0.5, 0.6) is 0 Å². The van der Waals surface area contributed by atoms with Gasteiger partial charge >= 0.3 is 163 Å². The molecule has 0 fully saturated rings. The molecule has 0 N–H and O–H groups in total. The molecular formula is C21H19NO4Se. The summed E-state index contributed by atoms with van der Waals surface area (Å²) in [7, 11) is 0. The zero-order valence-electron chi connectivity index (χ0n) is 14.6. The van der Waals surface area contributed by atoms with Crippen molar-refractivity contribution in [3.05, 3.63) is 99.5 Å². The van der Waals surface area contributed by atoms with Gasteiger partial charge in [-0.25, -0.2) is 0 Å². The van der Waals surface area contributed by atoms with E-state index in [1.807, 2.05) is 60.7 Å². The second-order valence-corrected chi connectivity index (χ2v) is 8.39. The second-order valence-electron chi connectivity index (χ2n) is 6.02. The van der Waals surface area contributed by atoms with Gasteiger partial charge in [0.25, 0.3) is 0 Å². The molecule has 0 radical (unpaired) electrons. The third-order valence-corrected chi connectivity index (χ3v) is 6.09. The fourth-order valence-electron chi connectivity index (χ4n) is 2.86. The van der Waals surface area contributed by atoms with E-state index in [1.165, 1.54) is 16.8 Å². The predicted molar refractivity (Wildman–Crippen MR) is 105 cm³/mol. The van der Waals surface area contributed by atoms with Gasteiger partial charge in [-0.1, -0.05) is 0 Å². The number of hydrogen-bond donors (Lipinski definition) is 0. The van der Waals surface area contributed by atoms with Crippen LogP contribution in [0.4, 0.5) is 0 Å². The Morgan fingerprint density at radius 2 is 1.63 bits per heavy atom. The summed E-state index contributed by atoms with van der Waals surface area (Å²) >= 11 is -0.195. The fraction of sp³-hybridized carbons (Fsp3) is 0.190. The van der Waals surface area contributed by atoms with Gasteiger partial charge in [0.2, 0.25) is 0 Å². The minimum atomic E-state index is -0.684. The van der Waals surface area contributed by atoms with Crippen LogP contribution < -0.4 is 15.8 Å². The molecule has 27 heavy (non-hydrogen) atoms. The third kappa shape index (κ3) is 5.39. The van der Waals surface area contributed by atoms with E-state index < -0.39 is 11.4 Å². The van der Waals surface area contributed by atoms with Gasteiger partial charge in [0.1, 0.15) is 0 Å². The van der Waals surface area contributed by atoms with Gasteiger partial charge in [0.15, 0.2) is 0 Å². The summed E-state index contributed by atoms with van der Waals surface area (Å²) in [6.07, 6.45) is 3.18. The molecule has 3 rings (SSSR count). The number of nitrogens with zero attached hydrogens (tertiary/aromatic N) is 1. The number of carbonyl (C=O) groups excluding carboxylic acids is 1. The molecule has 0 aliphatic rings. The molecule has 0 amide bonds. The Hall–Kier alpha value is -2.69. The Kier molecular flexibility index (Phi) is 6.58. The Bertz CT molecular complexity index is 996. The van der Waals surface area contributed by atoms with E-state index in [0.29, 0.717) is 19.3 Å². The van der Waals surface area contributed by atoms with Crippen LogP contribution in [0.3, 0.4) is 0 Å². The van der Waals surface area contributed by atoms with Gasteiger partial charge in [-0.15, -0.1) is 0 Å². The molecule has 138 valence electrons. The Morgan fingerprint density at radius 1 is 0.963 bits per heavy atom. The van der Waals surface area contributed by atoms with Crippen LogP contribution in [-0.4, -0.2) is 24.2 Å². The zero-order valence-corrected chi connectivity index (χ0v) is 16.3. The summed E-state index contributed by atoms with van der Waals surface area (Å²) in [5.74, 6) is -0.684. The first-order valence-electron chi connectivity index (χ1n) is 8.66. The molecule has 1 heterocycles. The van der Waals surface area contributed by atoms with Crippen molar-refractivity contribution in [3.63, 3.8) is 0 Å². The summed E-state index contributed by atoms with van der Waals surface area (Å²) in [6, 6.07) is 20.3. The van der Waals surface area contributed by atoms with E-state index >= 15 is 0 Å². The van der Waals surface area contributed by atoms with Gasteiger partial charge in [0.05, 0.1) is 0 Å². The van der Waals surface area contributed by atoms with Gasteiger partial charge in [-0.05, 0) is 0 Å². The molecule has 6 heteroatoms. The molecule has 0 saturated heterocycles. The minimum absolute atomic E-state index is 0.195. The molecule has 0 aliphatic heterocycles. The van der Waals surface area contributed by atoms with Crippen molar-refractivity contribution in [1.29, 1.82) is 0 Å². The molecule has 0 bridgehead atoms. The standard InChI is InChI=1S/C21H19NO4Se/c23-19-14-15-22(21(25)26-19)18(16-8-3-1-4-9-16)12-7-13-20(24)27-17-10-5-2-6-11-17/h1-6,8-11,14-15,18H,7,12-13H2. The van der Waals surface area contributed by atoms with E-state index in [9.17, 15) is 14.4 Å². The molecule has 1 atom stereocenters. The Balaban J connectivity index is 1.70. The molecule has 1 unspecified atom stereocenters. The van der Waals surface area contributed by atoms with Gasteiger partial charge in [-0.2, -0.15) is 0 Å². The van der Waals surface area contributed by atoms with Crippen LogP contribution >= 0.6 is 0 Å². The van der Waals surface area contributed by atoms with Gasteiger partial charge in [0, 0.05) is 0 Å². The topological polar surface area (TPSA) is 69.3 Å². The first-order valence-corrected chi connectivity index (χ1v) is 10.4. The summed E-state index contributed by atoms with van der Waals surface area (Å²) in [5, 5.41) is 0. The van der Waals surface area contributed by atoms with Crippen LogP contribution in [0.1, 0.15) is 30.9 Å². The van der Waals surface area contributed by atoms with Crippen molar-refractivity contribution in [2.45, 2.75) is 25.3 Å². The Labute approximate surface area is 162 Å². The molecular weight excluding hydrogens is 409 g/mol. The van der Waals surface area contributed by atoms with Gasteiger partial charge in [-0.3, -0.25) is 0 Å². The van der Waals surface area contributed by atoms with Crippen molar-refractivity contribution >= 4 is 24.1 Å². The predicted octanol–water partition coefficient (Wildman–Crippen LogP) is 2.12. The SMILES string of the molecule is O=C(CCCC(c1ccccc1)n1ccc(=O)oc1=O)[Se]c1ccccc1. The summed E-state index contributed by atoms with van der Waals surface area (Å²) in [4.78, 5) is 35.7. The maximum atomic E-state index is 12.3. The summed E-state index contributed by atoms with van der Waals surface area (Å²) < 4.78 is 7.42. The van der Waals surface area contributed by atoms with Crippen LogP contribution in [-0.2, 0) is 4.79 Å². The number of carbonyl (C=O) groups is 1. The fourth-order valence-corrected chi connectivity index (χ4v) is 4.54. The van der Waals surface area contributed by atoms with E-state index in [2.05, 4.69) is 0 Å². The van der Waals surface area contributed by atoms with Crippen LogP contribution in [0.15, 0.2) is 86.9 Å². The number of hydrogen-bond acceptors (Lipinski definition) is 4. The molecule has 3 aromatic rings. The molecule has 0 saturated carbocycles. The van der Waals surface area contributed by atoms with Crippen molar-refractivity contribution in [1.82, 2.24) is 4.57 Å². The van der Waals surface area contributed by atoms with Gasteiger partial charge < -0.3 is 0 Å². The molecule has 1 aromatic heterocycles. The van der Waals surface area contributed by atoms with E-state index in [1.54, 1.807) is 0 Å². The zero-order chi connectivity index (χ0) is 19.1. The van der Waals surface area contributed by atoms with Crippen molar-refractivity contribution in [2.75, 3.05) is 0 Å². The molecule has 5 nitrogen and oxygen atoms in total. The molecule has 0 aliphatic carbocycles. The second kappa shape index (κ2) is 9.31. The maximum absolute atomic E-state index is 12.3. The van der Waals surface area contributed by atoms with Crippen molar-refractivity contribution < 1.29 is 9.21 Å². The van der Waals surface area contributed by atoms with Crippen LogP contribution in [0.2, 0.25) is 0 Å². The first kappa shape index (κ1) is 19.1. The van der Waals surface area contributed by atoms with Crippen LogP contribution in [0.25, 0.3) is 0 Å². The molecule has 2 aromatic carbocycles. The summed E-state index contributed by atoms with van der Waals surface area (Å²) in [6.45, 7) is 0. The average molecular weight is 428 g/mol. The van der Waals surface area contributed by atoms with E-state index in [0.717, 1.165) is 10.0 Å². The van der Waals surface area contributed by atoms with E-state index in [4.69, 9.17) is 4.42 Å². The molecule has 0 spiro atoms. The number of aromatic nitrogens is 1. The number of rotatable bonds is 8. The Morgan fingerprint density at radius 3 is 2.30 bits per heavy atom. The van der Waals surface area contributed by atoms with Crippen LogP contribution in [0, 0.1) is 0 Å². The third-order valence-electron chi connectivity index (χ3n) is 4.12.